The van der Waals surface area contributed by atoms with E-state index in [0.717, 1.165) is 51.7 Å². The first-order valence-electron chi connectivity index (χ1n) is 15.7. The predicted octanol–water partition coefficient (Wildman–Crippen LogP) is 6.03. The molecule has 4 aromatic rings. The number of phenols is 1. The first-order chi connectivity index (χ1) is 21.3. The Morgan fingerprint density at radius 3 is 2.77 bits per heavy atom. The molecule has 0 spiro atoms. The van der Waals surface area contributed by atoms with Crippen molar-refractivity contribution < 1.29 is 23.0 Å². The number of alkyl halides is 1. The number of phenolic OH excluding ortho intramolecular Hbond substituents is 1. The smallest absolute Gasteiger partial charge is 0.319 e. The molecule has 0 unspecified atom stereocenters. The minimum atomic E-state index is -0.891. The van der Waals surface area contributed by atoms with Crippen molar-refractivity contribution in [2.45, 2.75) is 69.2 Å². The van der Waals surface area contributed by atoms with Gasteiger partial charge in [0.1, 0.15) is 35.7 Å². The monoisotopic (exact) mass is 603 g/mol. The molecular formula is C34H36F3N5O2. The van der Waals surface area contributed by atoms with Gasteiger partial charge in [-0.1, -0.05) is 12.1 Å². The fourth-order valence-corrected chi connectivity index (χ4v) is 8.24. The van der Waals surface area contributed by atoms with Gasteiger partial charge < -0.3 is 20.1 Å². The van der Waals surface area contributed by atoms with E-state index in [1.165, 1.54) is 12.1 Å². The van der Waals surface area contributed by atoms with Crippen molar-refractivity contribution in [3.8, 4) is 22.9 Å². The lowest BCUT2D eigenvalue weighted by atomic mass is 9.93. The molecule has 230 valence electrons. The van der Waals surface area contributed by atoms with E-state index in [0.29, 0.717) is 58.2 Å². The number of benzene rings is 3. The van der Waals surface area contributed by atoms with Gasteiger partial charge in [-0.2, -0.15) is 9.97 Å². The molecule has 4 aliphatic heterocycles. The molecule has 1 aromatic heterocycles. The van der Waals surface area contributed by atoms with Crippen LogP contribution < -0.4 is 15.0 Å². The van der Waals surface area contributed by atoms with Gasteiger partial charge in [0, 0.05) is 49.1 Å². The fraction of sp³-hybridized carbons (Fsp3) is 0.471. The van der Waals surface area contributed by atoms with Crippen molar-refractivity contribution in [2.75, 3.05) is 37.7 Å². The maximum absolute atomic E-state index is 16.8. The molecule has 5 heterocycles. The van der Waals surface area contributed by atoms with Gasteiger partial charge in [0.25, 0.3) is 0 Å². The molecular weight excluding hydrogens is 567 g/mol. The molecule has 0 radical (unpaired) electrons. The van der Waals surface area contributed by atoms with Gasteiger partial charge in [0.05, 0.1) is 5.54 Å². The normalized spacial score (nSPS) is 26.9. The van der Waals surface area contributed by atoms with Crippen LogP contribution in [0.15, 0.2) is 36.4 Å². The van der Waals surface area contributed by atoms with E-state index in [1.807, 2.05) is 6.07 Å². The van der Waals surface area contributed by atoms with Crippen LogP contribution in [-0.4, -0.2) is 76.6 Å². The average molecular weight is 604 g/mol. The van der Waals surface area contributed by atoms with Gasteiger partial charge in [-0.15, -0.1) is 0 Å². The summed E-state index contributed by atoms with van der Waals surface area (Å²) < 4.78 is 52.2. The molecule has 2 N–H and O–H groups in total. The minimum Gasteiger partial charge on any atom is -0.508 e. The van der Waals surface area contributed by atoms with E-state index in [-0.39, 0.29) is 29.4 Å². The van der Waals surface area contributed by atoms with Gasteiger partial charge >= 0.3 is 6.01 Å². The SMILES string of the molecule is Cc1c(F)ccc2cc(O)cc(-c3ccc4c(N5CC[C@H]6CC[C@@H](C5)N6)nc(OC[C@@]56CCCN5C[C@H](F)C6)nc4c3F)c12. The number of ether oxygens (including phenoxy) is 1. The number of halogens is 3. The van der Waals surface area contributed by atoms with Crippen molar-refractivity contribution >= 4 is 27.5 Å². The van der Waals surface area contributed by atoms with E-state index in [9.17, 15) is 13.9 Å². The van der Waals surface area contributed by atoms with Crippen LogP contribution in [-0.2, 0) is 0 Å². The first kappa shape index (κ1) is 27.9. The lowest BCUT2D eigenvalue weighted by Gasteiger charge is -2.31. The summed E-state index contributed by atoms with van der Waals surface area (Å²) in [6.07, 6.45) is 4.53. The van der Waals surface area contributed by atoms with Gasteiger partial charge in [-0.3, -0.25) is 4.90 Å². The highest BCUT2D eigenvalue weighted by atomic mass is 19.1. The van der Waals surface area contributed by atoms with Crippen LogP contribution in [0.4, 0.5) is 19.0 Å². The number of fused-ring (bicyclic) bond motifs is 5. The Morgan fingerprint density at radius 2 is 1.89 bits per heavy atom. The molecule has 10 heteroatoms. The highest BCUT2D eigenvalue weighted by molar-refractivity contribution is 6.02. The number of nitrogens with one attached hydrogen (secondary N) is 1. The molecule has 3 aromatic carbocycles. The van der Waals surface area contributed by atoms with E-state index in [4.69, 9.17) is 9.72 Å². The number of aryl methyl sites for hydroxylation is 1. The summed E-state index contributed by atoms with van der Waals surface area (Å²) in [6, 6.07) is 10.3. The number of nitrogens with zero attached hydrogens (tertiary/aromatic N) is 4. The Bertz CT molecular complexity index is 1790. The predicted molar refractivity (Wildman–Crippen MR) is 164 cm³/mol. The van der Waals surface area contributed by atoms with Crippen molar-refractivity contribution in [1.82, 2.24) is 20.2 Å². The Hall–Kier alpha value is -3.63. The molecule has 7 nitrogen and oxygen atoms in total. The van der Waals surface area contributed by atoms with E-state index < -0.39 is 23.3 Å². The maximum Gasteiger partial charge on any atom is 0.319 e. The Morgan fingerprint density at radius 1 is 1.02 bits per heavy atom. The van der Waals surface area contributed by atoms with Crippen LogP contribution in [0.5, 0.6) is 11.8 Å². The number of aromatic nitrogens is 2. The molecule has 4 fully saturated rings. The molecule has 4 saturated heterocycles. The van der Waals surface area contributed by atoms with Crippen LogP contribution >= 0.6 is 0 Å². The minimum absolute atomic E-state index is 0.0411. The van der Waals surface area contributed by atoms with Crippen LogP contribution in [0, 0.1) is 18.6 Å². The summed E-state index contributed by atoms with van der Waals surface area (Å²) in [5.41, 5.74) is 0.670. The molecule has 2 bridgehead atoms. The summed E-state index contributed by atoms with van der Waals surface area (Å²) in [5.74, 6) is -0.423. The van der Waals surface area contributed by atoms with Crippen molar-refractivity contribution in [1.29, 1.82) is 0 Å². The standard InChI is InChI=1S/C34H36F3N5O2/c1-19-28(36)8-3-20-13-24(43)14-27(29(19)20)25-6-7-26-31(30(25)37)39-33(44-18-34-10-2-11-42(34)16-21(35)15-34)40-32(26)41-12-9-22-4-5-23(17-41)38-22/h3,6-8,13-14,21-23,38,43H,2,4-5,9-12,15-18H2,1H3/t21-,22-,23+,34+/m1/s1. The second-order valence-electron chi connectivity index (χ2n) is 13.2. The number of hydrogen-bond acceptors (Lipinski definition) is 7. The summed E-state index contributed by atoms with van der Waals surface area (Å²) in [4.78, 5) is 13.9. The van der Waals surface area contributed by atoms with Gasteiger partial charge in [0.2, 0.25) is 0 Å². The third kappa shape index (κ3) is 4.56. The highest BCUT2D eigenvalue weighted by Crippen LogP contribution is 2.42. The van der Waals surface area contributed by atoms with Crippen LogP contribution in [0.1, 0.15) is 44.1 Å². The number of anilines is 1. The molecule has 8 rings (SSSR count). The molecule has 0 saturated carbocycles. The van der Waals surface area contributed by atoms with E-state index >= 15 is 4.39 Å². The Balaban J connectivity index is 1.26. The molecule has 0 aliphatic carbocycles. The third-order valence-electron chi connectivity index (χ3n) is 10.4. The molecule has 4 atom stereocenters. The number of hydrogen-bond donors (Lipinski definition) is 2. The average Bonchev–Trinajstić information content (AvgIpc) is 3.64. The topological polar surface area (TPSA) is 73.8 Å². The molecule has 4 aliphatic rings. The summed E-state index contributed by atoms with van der Waals surface area (Å²) in [7, 11) is 0. The lowest BCUT2D eigenvalue weighted by Crippen LogP contribution is -2.43. The van der Waals surface area contributed by atoms with E-state index in [1.54, 1.807) is 25.1 Å². The van der Waals surface area contributed by atoms with Gasteiger partial charge in [-0.05, 0) is 91.7 Å². The van der Waals surface area contributed by atoms with Crippen LogP contribution in [0.25, 0.3) is 32.8 Å². The summed E-state index contributed by atoms with van der Waals surface area (Å²) in [5, 5.41) is 15.9. The third-order valence-corrected chi connectivity index (χ3v) is 10.4. The summed E-state index contributed by atoms with van der Waals surface area (Å²) in [6.45, 7) is 4.64. The number of aromatic hydroxyl groups is 1. The lowest BCUT2D eigenvalue weighted by molar-refractivity contribution is 0.107. The zero-order valence-electron chi connectivity index (χ0n) is 24.8. The molecule has 44 heavy (non-hydrogen) atoms. The highest BCUT2D eigenvalue weighted by Gasteiger charge is 2.49. The summed E-state index contributed by atoms with van der Waals surface area (Å²) >= 11 is 0. The zero-order valence-corrected chi connectivity index (χ0v) is 24.8. The van der Waals surface area contributed by atoms with Crippen molar-refractivity contribution in [2.24, 2.45) is 0 Å². The first-order valence-corrected chi connectivity index (χ1v) is 15.7. The Labute approximate surface area is 254 Å². The van der Waals surface area contributed by atoms with Gasteiger partial charge in [0.15, 0.2) is 5.82 Å². The van der Waals surface area contributed by atoms with Crippen molar-refractivity contribution in [3.63, 3.8) is 0 Å². The van der Waals surface area contributed by atoms with E-state index in [2.05, 4.69) is 20.1 Å². The zero-order chi connectivity index (χ0) is 30.2. The van der Waals surface area contributed by atoms with Crippen LogP contribution in [0.2, 0.25) is 0 Å². The Kier molecular flexibility index (Phi) is 6.64. The number of rotatable bonds is 5. The van der Waals surface area contributed by atoms with Gasteiger partial charge in [-0.25, -0.2) is 13.2 Å². The largest absolute Gasteiger partial charge is 0.508 e. The quantitative estimate of drug-likeness (QED) is 0.289. The van der Waals surface area contributed by atoms with Crippen LogP contribution in [0.3, 0.4) is 0 Å². The van der Waals surface area contributed by atoms with Crippen molar-refractivity contribution in [3.05, 3.63) is 53.6 Å². The second-order valence-corrected chi connectivity index (χ2v) is 13.2. The maximum atomic E-state index is 16.8. The fourth-order valence-electron chi connectivity index (χ4n) is 8.24. The second kappa shape index (κ2) is 10.5. The molecule has 0 amide bonds.